The smallest absolute Gasteiger partial charge is 0.233 e. The van der Waals surface area contributed by atoms with E-state index in [0.717, 1.165) is 10.0 Å². The number of carbonyl (C=O) groups is 2. The summed E-state index contributed by atoms with van der Waals surface area (Å²) in [6.07, 6.45) is 1.94. The lowest BCUT2D eigenvalue weighted by Crippen LogP contribution is -2.37. The minimum atomic E-state index is -0.321. The minimum Gasteiger partial charge on any atom is -0.338 e. The molecule has 2 amide bonds. The van der Waals surface area contributed by atoms with Gasteiger partial charge in [-0.3, -0.25) is 14.5 Å². The lowest BCUT2D eigenvalue weighted by atomic mass is 10.1. The van der Waals surface area contributed by atoms with Crippen LogP contribution in [0.3, 0.4) is 0 Å². The van der Waals surface area contributed by atoms with Crippen LogP contribution in [0, 0.1) is 12.8 Å². The van der Waals surface area contributed by atoms with Gasteiger partial charge in [-0.25, -0.2) is 4.98 Å². The number of aromatic nitrogens is 1. The average molecular weight is 416 g/mol. The number of likely N-dealkylation sites (tertiary alicyclic amines) is 1. The van der Waals surface area contributed by atoms with Gasteiger partial charge in [0.05, 0.1) is 5.92 Å². The number of halogens is 1. The highest BCUT2D eigenvalue weighted by Gasteiger charge is 2.36. The summed E-state index contributed by atoms with van der Waals surface area (Å²) in [5.41, 5.74) is 2.27. The predicted octanol–water partition coefficient (Wildman–Crippen LogP) is 3.55. The Morgan fingerprint density at radius 3 is 2.62 bits per heavy atom. The minimum absolute atomic E-state index is 0.0312. The molecule has 1 aliphatic rings. The van der Waals surface area contributed by atoms with Crippen molar-refractivity contribution in [2.24, 2.45) is 5.92 Å². The summed E-state index contributed by atoms with van der Waals surface area (Å²) in [6, 6.07) is 11.8. The molecular weight excluding hydrogens is 394 g/mol. The Labute approximate surface area is 162 Å². The summed E-state index contributed by atoms with van der Waals surface area (Å²) in [7, 11) is 0. The van der Waals surface area contributed by atoms with Crippen molar-refractivity contribution in [1.82, 2.24) is 9.88 Å². The summed E-state index contributed by atoms with van der Waals surface area (Å²) in [6.45, 7) is 5.48. The number of pyridine rings is 1. The SMILES string of the molecule is CCN(C(=O)C1CC(=O)N(Cc2ccc(C)cc2)C1)c1ccc(Br)cn1. The first-order chi connectivity index (χ1) is 12.5. The second kappa shape index (κ2) is 7.99. The first-order valence-corrected chi connectivity index (χ1v) is 9.53. The number of benzene rings is 1. The first kappa shape index (κ1) is 18.6. The predicted molar refractivity (Wildman–Crippen MR) is 105 cm³/mol. The maximum Gasteiger partial charge on any atom is 0.233 e. The average Bonchev–Trinajstić information content (AvgIpc) is 3.00. The van der Waals surface area contributed by atoms with Gasteiger partial charge in [0.25, 0.3) is 0 Å². The molecule has 5 nitrogen and oxygen atoms in total. The standard InChI is InChI=1S/C20H22BrN3O2/c1-3-24(18-9-8-17(21)11-22-18)20(26)16-10-19(25)23(13-16)12-15-6-4-14(2)5-7-15/h4-9,11,16H,3,10,12-13H2,1-2H3. The van der Waals surface area contributed by atoms with Gasteiger partial charge in [-0.05, 0) is 47.5 Å². The zero-order valence-corrected chi connectivity index (χ0v) is 16.6. The van der Waals surface area contributed by atoms with Gasteiger partial charge in [0, 0.05) is 36.7 Å². The quantitative estimate of drug-likeness (QED) is 0.749. The molecule has 2 aromatic rings. The number of carbonyl (C=O) groups excluding carboxylic acids is 2. The molecule has 0 bridgehead atoms. The van der Waals surface area contributed by atoms with E-state index in [1.807, 2.05) is 50.2 Å². The van der Waals surface area contributed by atoms with Crippen LogP contribution in [0.15, 0.2) is 47.1 Å². The van der Waals surface area contributed by atoms with E-state index >= 15 is 0 Å². The van der Waals surface area contributed by atoms with E-state index in [-0.39, 0.29) is 24.2 Å². The Morgan fingerprint density at radius 2 is 2.00 bits per heavy atom. The second-order valence-corrected chi connectivity index (χ2v) is 7.49. The van der Waals surface area contributed by atoms with Crippen molar-refractivity contribution < 1.29 is 9.59 Å². The number of aryl methyl sites for hydroxylation is 1. The fraction of sp³-hybridized carbons (Fsp3) is 0.350. The molecule has 0 spiro atoms. The first-order valence-electron chi connectivity index (χ1n) is 8.74. The third kappa shape index (κ3) is 4.12. The molecule has 136 valence electrons. The highest BCUT2D eigenvalue weighted by molar-refractivity contribution is 9.10. The van der Waals surface area contributed by atoms with Crippen LogP contribution in [0.4, 0.5) is 5.82 Å². The number of amides is 2. The van der Waals surface area contributed by atoms with E-state index in [4.69, 9.17) is 0 Å². The Kier molecular flexibility index (Phi) is 5.71. The summed E-state index contributed by atoms with van der Waals surface area (Å²) >= 11 is 3.35. The molecule has 1 fully saturated rings. The zero-order valence-electron chi connectivity index (χ0n) is 15.0. The van der Waals surface area contributed by atoms with Gasteiger partial charge in [-0.2, -0.15) is 0 Å². The third-order valence-corrected chi connectivity index (χ3v) is 5.10. The maximum atomic E-state index is 12.9. The lowest BCUT2D eigenvalue weighted by molar-refractivity contribution is -0.128. The summed E-state index contributed by atoms with van der Waals surface area (Å²) in [4.78, 5) is 33.1. The topological polar surface area (TPSA) is 53.5 Å². The van der Waals surface area contributed by atoms with Crippen molar-refractivity contribution in [3.8, 4) is 0 Å². The second-order valence-electron chi connectivity index (χ2n) is 6.58. The monoisotopic (exact) mass is 415 g/mol. The van der Waals surface area contributed by atoms with Crippen molar-refractivity contribution in [1.29, 1.82) is 0 Å². The molecule has 1 saturated heterocycles. The van der Waals surface area contributed by atoms with Crippen LogP contribution in [0.5, 0.6) is 0 Å². The highest BCUT2D eigenvalue weighted by atomic mass is 79.9. The van der Waals surface area contributed by atoms with E-state index in [0.29, 0.717) is 25.5 Å². The Balaban J connectivity index is 1.69. The van der Waals surface area contributed by atoms with E-state index in [2.05, 4.69) is 20.9 Å². The molecule has 1 aliphatic heterocycles. The van der Waals surface area contributed by atoms with Crippen LogP contribution in [0.1, 0.15) is 24.5 Å². The van der Waals surface area contributed by atoms with Crippen molar-refractivity contribution in [2.75, 3.05) is 18.0 Å². The molecule has 1 aromatic heterocycles. The molecular formula is C20H22BrN3O2. The molecule has 0 saturated carbocycles. The van der Waals surface area contributed by atoms with E-state index < -0.39 is 0 Å². The van der Waals surface area contributed by atoms with Gasteiger partial charge < -0.3 is 4.90 Å². The van der Waals surface area contributed by atoms with Crippen molar-refractivity contribution in [2.45, 2.75) is 26.8 Å². The Bertz CT molecular complexity index is 790. The summed E-state index contributed by atoms with van der Waals surface area (Å²) in [5, 5.41) is 0. The van der Waals surface area contributed by atoms with Gasteiger partial charge >= 0.3 is 0 Å². The van der Waals surface area contributed by atoms with Gasteiger partial charge in [0.1, 0.15) is 5.82 Å². The number of rotatable bonds is 5. The van der Waals surface area contributed by atoms with Crippen molar-refractivity contribution >= 4 is 33.6 Å². The van der Waals surface area contributed by atoms with Crippen LogP contribution in [0.25, 0.3) is 0 Å². The molecule has 26 heavy (non-hydrogen) atoms. The third-order valence-electron chi connectivity index (χ3n) is 4.63. The van der Waals surface area contributed by atoms with Crippen LogP contribution < -0.4 is 4.90 Å². The summed E-state index contributed by atoms with van der Waals surface area (Å²) < 4.78 is 0.866. The molecule has 0 N–H and O–H groups in total. The molecule has 3 rings (SSSR count). The normalized spacial score (nSPS) is 16.8. The fourth-order valence-electron chi connectivity index (χ4n) is 3.18. The lowest BCUT2D eigenvalue weighted by Gasteiger charge is -2.23. The molecule has 0 radical (unpaired) electrons. The Hall–Kier alpha value is -2.21. The maximum absolute atomic E-state index is 12.9. The molecule has 1 aromatic carbocycles. The molecule has 1 unspecified atom stereocenters. The highest BCUT2D eigenvalue weighted by Crippen LogP contribution is 2.25. The van der Waals surface area contributed by atoms with Crippen LogP contribution >= 0.6 is 15.9 Å². The van der Waals surface area contributed by atoms with Crippen LogP contribution in [-0.4, -0.2) is 34.8 Å². The van der Waals surface area contributed by atoms with E-state index in [1.165, 1.54) is 5.56 Å². The fourth-order valence-corrected chi connectivity index (χ4v) is 3.42. The number of anilines is 1. The van der Waals surface area contributed by atoms with Crippen LogP contribution in [0.2, 0.25) is 0 Å². The number of nitrogens with zero attached hydrogens (tertiary/aromatic N) is 3. The van der Waals surface area contributed by atoms with E-state index in [1.54, 1.807) is 16.0 Å². The molecule has 0 aliphatic carbocycles. The summed E-state index contributed by atoms with van der Waals surface area (Å²) in [5.74, 6) is 0.286. The zero-order chi connectivity index (χ0) is 18.7. The molecule has 1 atom stereocenters. The van der Waals surface area contributed by atoms with Gasteiger partial charge in [-0.1, -0.05) is 29.8 Å². The molecule has 2 heterocycles. The number of hydrogen-bond donors (Lipinski definition) is 0. The van der Waals surface area contributed by atoms with Gasteiger partial charge in [0.2, 0.25) is 11.8 Å². The largest absolute Gasteiger partial charge is 0.338 e. The van der Waals surface area contributed by atoms with Crippen molar-refractivity contribution in [3.63, 3.8) is 0 Å². The molecule has 6 heteroatoms. The van der Waals surface area contributed by atoms with E-state index in [9.17, 15) is 9.59 Å². The van der Waals surface area contributed by atoms with Crippen molar-refractivity contribution in [3.05, 3.63) is 58.2 Å². The van der Waals surface area contributed by atoms with Crippen LogP contribution in [-0.2, 0) is 16.1 Å². The van der Waals surface area contributed by atoms with Gasteiger partial charge in [0.15, 0.2) is 0 Å². The number of hydrogen-bond acceptors (Lipinski definition) is 3. The Morgan fingerprint density at radius 1 is 1.27 bits per heavy atom. The van der Waals surface area contributed by atoms with Gasteiger partial charge in [-0.15, -0.1) is 0 Å².